The average Bonchev–Trinajstić information content (AvgIpc) is 2.08. The minimum atomic E-state index is -1.01. The first-order valence-electron chi connectivity index (χ1n) is 3.77. The molecule has 0 aliphatic heterocycles. The standard InChI is InChI=1S/C9H10BrNO2/c1-5-2-3-6(10)4-7(5)8(11)9(12)13/h2-4,8H,11H2,1H3,(H,12,13)/t8-/m0/s1. The maximum Gasteiger partial charge on any atom is 0.325 e. The van der Waals surface area contributed by atoms with Gasteiger partial charge in [-0.25, -0.2) is 0 Å². The SMILES string of the molecule is Cc1ccc(Br)cc1[C@H](N)C(=O)O. The number of aliphatic carboxylic acids is 1. The molecule has 13 heavy (non-hydrogen) atoms. The number of hydrogen-bond acceptors (Lipinski definition) is 2. The summed E-state index contributed by atoms with van der Waals surface area (Å²) in [7, 11) is 0. The predicted molar refractivity (Wildman–Crippen MR) is 53.4 cm³/mol. The molecule has 0 heterocycles. The fraction of sp³-hybridized carbons (Fsp3) is 0.222. The lowest BCUT2D eigenvalue weighted by Gasteiger charge is -2.10. The fourth-order valence-electron chi connectivity index (χ4n) is 1.08. The van der Waals surface area contributed by atoms with Gasteiger partial charge in [-0.2, -0.15) is 0 Å². The van der Waals surface area contributed by atoms with E-state index in [9.17, 15) is 4.79 Å². The molecule has 1 aromatic rings. The number of nitrogens with two attached hydrogens (primary N) is 1. The first-order valence-corrected chi connectivity index (χ1v) is 4.56. The topological polar surface area (TPSA) is 63.3 Å². The highest BCUT2D eigenvalue weighted by Gasteiger charge is 2.16. The zero-order chi connectivity index (χ0) is 10.0. The Hall–Kier alpha value is -0.870. The van der Waals surface area contributed by atoms with E-state index >= 15 is 0 Å². The summed E-state index contributed by atoms with van der Waals surface area (Å²) in [5.74, 6) is -1.01. The number of halogens is 1. The molecule has 4 heteroatoms. The number of aryl methyl sites for hydroxylation is 1. The van der Waals surface area contributed by atoms with E-state index in [1.807, 2.05) is 19.1 Å². The lowest BCUT2D eigenvalue weighted by atomic mass is 10.0. The third-order valence-corrected chi connectivity index (χ3v) is 2.34. The largest absolute Gasteiger partial charge is 0.480 e. The highest BCUT2D eigenvalue weighted by Crippen LogP contribution is 2.20. The first kappa shape index (κ1) is 10.2. The Balaban J connectivity index is 3.12. The predicted octanol–water partition coefficient (Wildman–Crippen LogP) is 1.84. The second-order valence-electron chi connectivity index (χ2n) is 2.82. The summed E-state index contributed by atoms with van der Waals surface area (Å²) in [6.45, 7) is 1.84. The molecule has 1 atom stereocenters. The van der Waals surface area contributed by atoms with Crippen molar-refractivity contribution in [1.82, 2.24) is 0 Å². The zero-order valence-corrected chi connectivity index (χ0v) is 8.71. The average molecular weight is 244 g/mol. The summed E-state index contributed by atoms with van der Waals surface area (Å²) < 4.78 is 0.838. The first-order chi connectivity index (χ1) is 6.02. The van der Waals surface area contributed by atoms with Crippen molar-refractivity contribution in [3.05, 3.63) is 33.8 Å². The summed E-state index contributed by atoms with van der Waals surface area (Å²) in [5, 5.41) is 8.71. The Labute approximate surface area is 84.7 Å². The number of carboxylic acid groups (broad SMARTS) is 1. The molecule has 0 radical (unpaired) electrons. The van der Waals surface area contributed by atoms with Crippen LogP contribution in [-0.2, 0) is 4.79 Å². The van der Waals surface area contributed by atoms with Gasteiger partial charge in [0.1, 0.15) is 6.04 Å². The maximum atomic E-state index is 10.6. The van der Waals surface area contributed by atoms with Crippen molar-refractivity contribution >= 4 is 21.9 Å². The van der Waals surface area contributed by atoms with Crippen molar-refractivity contribution in [3.8, 4) is 0 Å². The van der Waals surface area contributed by atoms with Gasteiger partial charge in [0.05, 0.1) is 0 Å². The van der Waals surface area contributed by atoms with Crippen LogP contribution in [0.25, 0.3) is 0 Å². The van der Waals surface area contributed by atoms with Crippen LogP contribution in [0.4, 0.5) is 0 Å². The third kappa shape index (κ3) is 2.29. The molecule has 3 nitrogen and oxygen atoms in total. The highest BCUT2D eigenvalue weighted by molar-refractivity contribution is 9.10. The monoisotopic (exact) mass is 243 g/mol. The number of benzene rings is 1. The van der Waals surface area contributed by atoms with Crippen LogP contribution in [0.1, 0.15) is 17.2 Å². The highest BCUT2D eigenvalue weighted by atomic mass is 79.9. The zero-order valence-electron chi connectivity index (χ0n) is 7.12. The van der Waals surface area contributed by atoms with Crippen LogP contribution in [0, 0.1) is 6.92 Å². The van der Waals surface area contributed by atoms with Crippen LogP contribution in [0.2, 0.25) is 0 Å². The summed E-state index contributed by atoms with van der Waals surface area (Å²) in [5.41, 5.74) is 7.01. The van der Waals surface area contributed by atoms with Crippen molar-refractivity contribution in [3.63, 3.8) is 0 Å². The molecule has 0 aliphatic rings. The van der Waals surface area contributed by atoms with E-state index in [-0.39, 0.29) is 0 Å². The van der Waals surface area contributed by atoms with E-state index in [4.69, 9.17) is 10.8 Å². The number of carboxylic acids is 1. The third-order valence-electron chi connectivity index (χ3n) is 1.84. The van der Waals surface area contributed by atoms with E-state index in [1.54, 1.807) is 6.07 Å². The maximum absolute atomic E-state index is 10.6. The molecule has 0 saturated carbocycles. The van der Waals surface area contributed by atoms with Gasteiger partial charge in [0, 0.05) is 4.47 Å². The van der Waals surface area contributed by atoms with Gasteiger partial charge in [0.25, 0.3) is 0 Å². The Morgan fingerprint density at radius 3 is 2.77 bits per heavy atom. The van der Waals surface area contributed by atoms with Crippen molar-refractivity contribution in [2.45, 2.75) is 13.0 Å². The van der Waals surface area contributed by atoms with Crippen molar-refractivity contribution in [2.24, 2.45) is 5.73 Å². The lowest BCUT2D eigenvalue weighted by molar-refractivity contribution is -0.138. The number of hydrogen-bond donors (Lipinski definition) is 2. The molecule has 0 aromatic heterocycles. The van der Waals surface area contributed by atoms with Crippen LogP contribution in [0.15, 0.2) is 22.7 Å². The molecule has 1 rings (SSSR count). The van der Waals surface area contributed by atoms with Gasteiger partial charge in [-0.1, -0.05) is 22.0 Å². The van der Waals surface area contributed by atoms with Gasteiger partial charge in [0.15, 0.2) is 0 Å². The van der Waals surface area contributed by atoms with Crippen LogP contribution in [-0.4, -0.2) is 11.1 Å². The molecule has 3 N–H and O–H groups in total. The van der Waals surface area contributed by atoms with Gasteiger partial charge in [-0.05, 0) is 30.2 Å². The second kappa shape index (κ2) is 3.89. The van der Waals surface area contributed by atoms with Gasteiger partial charge >= 0.3 is 5.97 Å². The molecular weight excluding hydrogens is 234 g/mol. The van der Waals surface area contributed by atoms with Crippen molar-refractivity contribution in [1.29, 1.82) is 0 Å². The van der Waals surface area contributed by atoms with Gasteiger partial charge < -0.3 is 10.8 Å². The number of rotatable bonds is 2. The quantitative estimate of drug-likeness (QED) is 0.834. The molecule has 0 bridgehead atoms. The molecule has 70 valence electrons. The minimum absolute atomic E-state index is 0.641. The van der Waals surface area contributed by atoms with E-state index in [0.29, 0.717) is 5.56 Å². The normalized spacial score (nSPS) is 12.5. The molecule has 0 fully saturated rings. The Morgan fingerprint density at radius 2 is 2.23 bits per heavy atom. The molecule has 0 amide bonds. The van der Waals surface area contributed by atoms with Gasteiger partial charge in [-0.15, -0.1) is 0 Å². The summed E-state index contributed by atoms with van der Waals surface area (Å²) in [6.07, 6.45) is 0. The Bertz CT molecular complexity index is 338. The number of carbonyl (C=O) groups is 1. The summed E-state index contributed by atoms with van der Waals surface area (Å²) in [6, 6.07) is 4.47. The summed E-state index contributed by atoms with van der Waals surface area (Å²) >= 11 is 3.27. The van der Waals surface area contributed by atoms with Gasteiger partial charge in [0.2, 0.25) is 0 Å². The molecule has 0 aliphatic carbocycles. The van der Waals surface area contributed by atoms with Crippen molar-refractivity contribution in [2.75, 3.05) is 0 Å². The minimum Gasteiger partial charge on any atom is -0.480 e. The molecule has 0 spiro atoms. The smallest absolute Gasteiger partial charge is 0.325 e. The van der Waals surface area contributed by atoms with E-state index in [2.05, 4.69) is 15.9 Å². The molecule has 0 unspecified atom stereocenters. The molecule has 0 saturated heterocycles. The van der Waals surface area contributed by atoms with Crippen LogP contribution >= 0.6 is 15.9 Å². The van der Waals surface area contributed by atoms with E-state index < -0.39 is 12.0 Å². The van der Waals surface area contributed by atoms with E-state index in [1.165, 1.54) is 0 Å². The Morgan fingerprint density at radius 1 is 1.62 bits per heavy atom. The van der Waals surface area contributed by atoms with Crippen LogP contribution in [0.3, 0.4) is 0 Å². The van der Waals surface area contributed by atoms with Crippen LogP contribution < -0.4 is 5.73 Å². The second-order valence-corrected chi connectivity index (χ2v) is 3.73. The molecule has 1 aromatic carbocycles. The lowest BCUT2D eigenvalue weighted by Crippen LogP contribution is -2.21. The Kier molecular flexibility index (Phi) is 3.06. The van der Waals surface area contributed by atoms with Crippen molar-refractivity contribution < 1.29 is 9.90 Å². The van der Waals surface area contributed by atoms with E-state index in [0.717, 1.165) is 10.0 Å². The fourth-order valence-corrected chi connectivity index (χ4v) is 1.46. The van der Waals surface area contributed by atoms with Gasteiger partial charge in [-0.3, -0.25) is 4.79 Å². The van der Waals surface area contributed by atoms with Crippen LogP contribution in [0.5, 0.6) is 0 Å². The summed E-state index contributed by atoms with van der Waals surface area (Å²) in [4.78, 5) is 10.6. The molecular formula is C9H10BrNO2.